The Morgan fingerprint density at radius 1 is 0.308 bits per heavy atom. The molecule has 1 aliphatic carbocycles. The third kappa shape index (κ3) is 5.84. The summed E-state index contributed by atoms with van der Waals surface area (Å²) in [6.07, 6.45) is 0. The lowest BCUT2D eigenvalue weighted by Gasteiger charge is -2.31. The fourth-order valence-corrected chi connectivity index (χ4v) is 10.6. The molecule has 13 rings (SSSR count). The monoisotopic (exact) mass is 834 g/mol. The van der Waals surface area contributed by atoms with Crippen LogP contribution in [0.5, 0.6) is 0 Å². The first-order valence-corrected chi connectivity index (χ1v) is 22.3. The van der Waals surface area contributed by atoms with Gasteiger partial charge in [0.2, 0.25) is 0 Å². The molecular weight excluding hydrogens is 793 g/mol. The second-order valence-electron chi connectivity index (χ2n) is 17.7. The highest BCUT2D eigenvalue weighted by atomic mass is 16.3. The summed E-state index contributed by atoms with van der Waals surface area (Å²) in [5.74, 6) is 0. The molecule has 1 aliphatic rings. The summed E-state index contributed by atoms with van der Waals surface area (Å²) in [4.78, 5) is 4.78. The zero-order valence-electron chi connectivity index (χ0n) is 36.0. The Balaban J connectivity index is 1.11. The van der Waals surface area contributed by atoms with Gasteiger partial charge in [0.1, 0.15) is 22.3 Å². The van der Waals surface area contributed by atoms with Crippen molar-refractivity contribution < 1.29 is 8.83 Å². The molecule has 2 aromatic heterocycles. The fourth-order valence-electron chi connectivity index (χ4n) is 10.6. The van der Waals surface area contributed by atoms with Crippen LogP contribution >= 0.6 is 0 Å². The SMILES string of the molecule is CC1(C)c2ccccc2-c2c1cc(-c1cc(N(c3ccccc3)c3ccc4oc5ccccc5c4c3)cc(N(c3ccccc3)c3ccc4oc5ccccc5c4c3)c1)c1ccccc21. The van der Waals surface area contributed by atoms with Crippen molar-refractivity contribution in [3.63, 3.8) is 0 Å². The molecule has 0 amide bonds. The van der Waals surface area contributed by atoms with Crippen molar-refractivity contribution in [3.05, 3.63) is 230 Å². The van der Waals surface area contributed by atoms with Crippen LogP contribution in [-0.2, 0) is 5.41 Å². The van der Waals surface area contributed by atoms with Crippen molar-refractivity contribution in [2.24, 2.45) is 0 Å². The second-order valence-corrected chi connectivity index (χ2v) is 17.7. The van der Waals surface area contributed by atoms with Gasteiger partial charge in [-0.05, 0) is 141 Å². The summed E-state index contributed by atoms with van der Waals surface area (Å²) >= 11 is 0. The van der Waals surface area contributed by atoms with E-state index in [0.29, 0.717) is 0 Å². The molecule has 0 N–H and O–H groups in total. The lowest BCUT2D eigenvalue weighted by atomic mass is 9.80. The summed E-state index contributed by atoms with van der Waals surface area (Å²) in [6.45, 7) is 4.75. The molecule has 0 unspecified atom stereocenters. The number of nitrogens with zero attached hydrogens (tertiary/aromatic N) is 2. The van der Waals surface area contributed by atoms with Crippen molar-refractivity contribution in [3.8, 4) is 22.3 Å². The summed E-state index contributed by atoms with van der Waals surface area (Å²) in [6, 6.07) is 78.7. The summed E-state index contributed by atoms with van der Waals surface area (Å²) in [5, 5.41) is 6.83. The van der Waals surface area contributed by atoms with E-state index in [-0.39, 0.29) is 5.41 Å². The molecule has 0 saturated carbocycles. The Labute approximate surface area is 376 Å². The minimum Gasteiger partial charge on any atom is -0.456 e. The molecule has 0 radical (unpaired) electrons. The van der Waals surface area contributed by atoms with E-state index in [2.05, 4.69) is 218 Å². The molecule has 12 aromatic rings. The van der Waals surface area contributed by atoms with Gasteiger partial charge in [0.05, 0.1) is 0 Å². The van der Waals surface area contributed by atoms with Crippen molar-refractivity contribution in [1.29, 1.82) is 0 Å². The van der Waals surface area contributed by atoms with Crippen molar-refractivity contribution in [2.45, 2.75) is 19.3 Å². The van der Waals surface area contributed by atoms with Gasteiger partial charge in [0.15, 0.2) is 0 Å². The number of rotatable bonds is 7. The number of fused-ring (bicyclic) bond motifs is 11. The van der Waals surface area contributed by atoms with Crippen molar-refractivity contribution >= 4 is 88.8 Å². The van der Waals surface area contributed by atoms with Crippen LogP contribution in [0.25, 0.3) is 76.9 Å². The largest absolute Gasteiger partial charge is 0.456 e. The molecule has 0 spiro atoms. The van der Waals surface area contributed by atoms with Crippen LogP contribution in [0, 0.1) is 0 Å². The number of para-hydroxylation sites is 4. The minimum atomic E-state index is -0.192. The van der Waals surface area contributed by atoms with E-state index < -0.39 is 0 Å². The maximum absolute atomic E-state index is 6.36. The van der Waals surface area contributed by atoms with E-state index in [9.17, 15) is 0 Å². The van der Waals surface area contributed by atoms with E-state index >= 15 is 0 Å². The predicted octanol–water partition coefficient (Wildman–Crippen LogP) is 17.6. The van der Waals surface area contributed by atoms with Gasteiger partial charge in [-0.15, -0.1) is 0 Å². The normalized spacial score (nSPS) is 12.9. The third-order valence-corrected chi connectivity index (χ3v) is 13.6. The Kier molecular flexibility index (Phi) is 8.22. The summed E-state index contributed by atoms with van der Waals surface area (Å²) in [5.41, 5.74) is 17.2. The molecule has 308 valence electrons. The molecule has 0 bridgehead atoms. The first-order chi connectivity index (χ1) is 32.0. The Hall–Kier alpha value is -8.34. The van der Waals surface area contributed by atoms with Crippen LogP contribution < -0.4 is 9.80 Å². The zero-order chi connectivity index (χ0) is 43.2. The third-order valence-electron chi connectivity index (χ3n) is 13.6. The van der Waals surface area contributed by atoms with Crippen LogP contribution in [0.1, 0.15) is 25.0 Å². The second kappa shape index (κ2) is 14.3. The van der Waals surface area contributed by atoms with Crippen LogP contribution in [0.4, 0.5) is 34.1 Å². The van der Waals surface area contributed by atoms with Gasteiger partial charge < -0.3 is 18.6 Å². The van der Waals surface area contributed by atoms with E-state index in [1.54, 1.807) is 0 Å². The maximum atomic E-state index is 6.36. The molecule has 0 atom stereocenters. The van der Waals surface area contributed by atoms with Crippen LogP contribution in [-0.4, -0.2) is 0 Å². The lowest BCUT2D eigenvalue weighted by Crippen LogP contribution is -2.15. The molecule has 4 nitrogen and oxygen atoms in total. The molecule has 2 heterocycles. The molecule has 0 aliphatic heterocycles. The molecule has 4 heteroatoms. The minimum absolute atomic E-state index is 0.192. The highest BCUT2D eigenvalue weighted by Gasteiger charge is 2.37. The van der Waals surface area contributed by atoms with Gasteiger partial charge >= 0.3 is 0 Å². The highest BCUT2D eigenvalue weighted by Crippen LogP contribution is 2.54. The molecule has 10 aromatic carbocycles. The predicted molar refractivity (Wildman–Crippen MR) is 271 cm³/mol. The molecule has 0 fully saturated rings. The maximum Gasteiger partial charge on any atom is 0.135 e. The van der Waals surface area contributed by atoms with Gasteiger partial charge in [0.25, 0.3) is 0 Å². The van der Waals surface area contributed by atoms with E-state index in [1.165, 1.54) is 38.6 Å². The first kappa shape index (κ1) is 37.2. The van der Waals surface area contributed by atoms with Gasteiger partial charge in [-0.2, -0.15) is 0 Å². The number of benzene rings is 10. The Morgan fingerprint density at radius 3 is 1.34 bits per heavy atom. The topological polar surface area (TPSA) is 32.8 Å². The fraction of sp³-hybridized carbons (Fsp3) is 0.0492. The van der Waals surface area contributed by atoms with E-state index in [1.807, 2.05) is 24.3 Å². The van der Waals surface area contributed by atoms with Crippen molar-refractivity contribution in [2.75, 3.05) is 9.80 Å². The Bertz CT molecular complexity index is 3650. The van der Waals surface area contributed by atoms with E-state index in [4.69, 9.17) is 8.83 Å². The summed E-state index contributed by atoms with van der Waals surface area (Å²) in [7, 11) is 0. The molecule has 65 heavy (non-hydrogen) atoms. The van der Waals surface area contributed by atoms with Gasteiger partial charge in [-0.1, -0.05) is 135 Å². The molecular formula is C61H42N2O2. The molecule has 0 saturated heterocycles. The van der Waals surface area contributed by atoms with Crippen LogP contribution in [0.15, 0.2) is 227 Å². The standard InChI is InChI=1S/C61H42N2O2/c1-61(2)54-26-14-11-25-50(54)60-49-24-10-9-21-46(49)51(38-55(60)61)39-33-44(62(40-17-5-3-6-18-40)42-29-31-58-52(36-42)47-22-12-15-27-56(47)64-58)35-45(34-39)63(41-19-7-4-8-20-41)43-30-32-59-53(37-43)48-23-13-16-28-57(48)65-59/h3-38H,1-2H3. The van der Waals surface area contributed by atoms with Crippen molar-refractivity contribution in [1.82, 2.24) is 0 Å². The smallest absolute Gasteiger partial charge is 0.135 e. The quantitative estimate of drug-likeness (QED) is 0.160. The number of hydrogen-bond acceptors (Lipinski definition) is 4. The zero-order valence-corrected chi connectivity index (χ0v) is 36.0. The number of anilines is 6. The van der Waals surface area contributed by atoms with E-state index in [0.717, 1.165) is 83.6 Å². The van der Waals surface area contributed by atoms with Gasteiger partial charge in [-0.3, -0.25) is 0 Å². The average Bonchev–Trinajstić information content (AvgIpc) is 3.99. The number of furan rings is 2. The summed E-state index contributed by atoms with van der Waals surface area (Å²) < 4.78 is 12.7. The van der Waals surface area contributed by atoms with Crippen LogP contribution in [0.2, 0.25) is 0 Å². The highest BCUT2D eigenvalue weighted by molar-refractivity contribution is 6.11. The van der Waals surface area contributed by atoms with Crippen LogP contribution in [0.3, 0.4) is 0 Å². The average molecular weight is 835 g/mol. The van der Waals surface area contributed by atoms with Gasteiger partial charge in [0, 0.05) is 61.1 Å². The Morgan fingerprint density at radius 2 is 0.769 bits per heavy atom. The van der Waals surface area contributed by atoms with Gasteiger partial charge in [-0.25, -0.2) is 0 Å². The number of hydrogen-bond donors (Lipinski definition) is 0. The first-order valence-electron chi connectivity index (χ1n) is 22.3. The lowest BCUT2D eigenvalue weighted by molar-refractivity contribution is 0.661.